The number of pyridine rings is 1. The molecule has 0 aliphatic heterocycles. The number of ether oxygens (including phenoxy) is 3. The molecule has 1 aromatic carbocycles. The minimum atomic E-state index is -0.633. The Morgan fingerprint density at radius 3 is 2.73 bits per heavy atom. The number of nitrogens with one attached hydrogen (secondary N) is 2. The number of anilines is 1. The van der Waals surface area contributed by atoms with Gasteiger partial charge in [0.15, 0.2) is 5.58 Å². The van der Waals surface area contributed by atoms with E-state index in [4.69, 9.17) is 18.6 Å². The summed E-state index contributed by atoms with van der Waals surface area (Å²) in [6.07, 6.45) is 1.48. The number of methoxy groups -OCH3 is 1. The maximum absolute atomic E-state index is 13.2. The second-order valence-corrected chi connectivity index (χ2v) is 8.12. The quantitative estimate of drug-likeness (QED) is 0.479. The molecule has 9 nitrogen and oxygen atoms in total. The summed E-state index contributed by atoms with van der Waals surface area (Å²) in [6.45, 7) is 5.63. The van der Waals surface area contributed by atoms with E-state index in [1.54, 1.807) is 58.3 Å². The topological polar surface area (TPSA) is 108 Å². The fourth-order valence-corrected chi connectivity index (χ4v) is 2.68. The van der Waals surface area contributed by atoms with Gasteiger partial charge in [-0.25, -0.2) is 14.2 Å². The number of oxazole rings is 1. The van der Waals surface area contributed by atoms with Gasteiger partial charge in [0.1, 0.15) is 23.5 Å². The Morgan fingerprint density at radius 1 is 1.24 bits per heavy atom. The number of hydrogen-bond donors (Lipinski definition) is 2. The summed E-state index contributed by atoms with van der Waals surface area (Å²) in [5, 5.41) is 5.60. The largest absolute Gasteiger partial charge is 0.489 e. The molecule has 3 rings (SSSR count). The number of benzene rings is 1. The first kappa shape index (κ1) is 23.8. The van der Waals surface area contributed by atoms with Gasteiger partial charge in [-0.05, 0) is 38.5 Å². The summed E-state index contributed by atoms with van der Waals surface area (Å²) in [4.78, 5) is 20.2. The average molecular weight is 458 g/mol. The molecule has 2 aromatic heterocycles. The standard InChI is InChI=1S/C23H27FN4O5/c1-23(2,3)33-22(29)27-13-16(10-24)14-31-17-6-7-18-19(9-17)32-21(28-18)26-12-15-5-8-20(30-4)25-11-15/h5-11H,12-14H2,1-4H3,(H,26,28)(H,27,29)/b16-10-. The number of fused-ring (bicyclic) bond motifs is 1. The summed E-state index contributed by atoms with van der Waals surface area (Å²) >= 11 is 0. The zero-order chi connectivity index (χ0) is 23.8. The van der Waals surface area contributed by atoms with Crippen LogP contribution in [0, 0.1) is 0 Å². The molecule has 0 bridgehead atoms. The molecule has 0 aliphatic carbocycles. The Hall–Kier alpha value is -3.82. The highest BCUT2D eigenvalue weighted by atomic mass is 19.1. The number of halogens is 1. The zero-order valence-electron chi connectivity index (χ0n) is 19.0. The van der Waals surface area contributed by atoms with Crippen LogP contribution >= 0.6 is 0 Å². The van der Waals surface area contributed by atoms with Crippen LogP contribution in [0.3, 0.4) is 0 Å². The Bertz CT molecular complexity index is 1110. The van der Waals surface area contributed by atoms with Gasteiger partial charge in [-0.1, -0.05) is 6.07 Å². The number of alkyl carbamates (subject to hydrolysis) is 1. The lowest BCUT2D eigenvalue weighted by Gasteiger charge is -2.20. The van der Waals surface area contributed by atoms with E-state index in [2.05, 4.69) is 20.6 Å². The summed E-state index contributed by atoms with van der Waals surface area (Å²) in [7, 11) is 1.56. The van der Waals surface area contributed by atoms with Gasteiger partial charge in [-0.2, -0.15) is 4.98 Å². The SMILES string of the molecule is COc1ccc(CNc2nc3ccc(OC/C(=C\F)CNC(=O)OC(C)(C)C)cc3o2)cn1. The molecule has 0 atom stereocenters. The van der Waals surface area contributed by atoms with Gasteiger partial charge in [0, 0.05) is 37.0 Å². The fourth-order valence-electron chi connectivity index (χ4n) is 2.68. The van der Waals surface area contributed by atoms with Crippen LogP contribution in [0.15, 0.2) is 52.8 Å². The van der Waals surface area contributed by atoms with E-state index in [0.717, 1.165) is 5.56 Å². The van der Waals surface area contributed by atoms with Crippen LogP contribution in [0.25, 0.3) is 11.1 Å². The lowest BCUT2D eigenvalue weighted by Crippen LogP contribution is -2.34. The summed E-state index contributed by atoms with van der Waals surface area (Å²) in [6, 6.07) is 9.13. The first-order valence-corrected chi connectivity index (χ1v) is 10.3. The summed E-state index contributed by atoms with van der Waals surface area (Å²) < 4.78 is 34.7. The molecule has 10 heteroatoms. The molecule has 1 amide bonds. The number of rotatable bonds is 9. The van der Waals surface area contributed by atoms with E-state index in [0.29, 0.717) is 41.6 Å². The molecule has 0 saturated heterocycles. The van der Waals surface area contributed by atoms with E-state index in [-0.39, 0.29) is 18.7 Å². The van der Waals surface area contributed by atoms with Crippen molar-refractivity contribution in [1.82, 2.24) is 15.3 Å². The molecule has 0 unspecified atom stereocenters. The van der Waals surface area contributed by atoms with Crippen LogP contribution in [-0.4, -0.2) is 41.9 Å². The lowest BCUT2D eigenvalue weighted by atomic mass is 10.2. The zero-order valence-corrected chi connectivity index (χ0v) is 19.0. The Morgan fingerprint density at radius 2 is 2.06 bits per heavy atom. The van der Waals surface area contributed by atoms with E-state index >= 15 is 0 Å². The lowest BCUT2D eigenvalue weighted by molar-refractivity contribution is 0.0531. The predicted molar refractivity (Wildman–Crippen MR) is 121 cm³/mol. The maximum Gasteiger partial charge on any atom is 0.407 e. The molecule has 176 valence electrons. The second-order valence-electron chi connectivity index (χ2n) is 8.12. The van der Waals surface area contributed by atoms with Crippen molar-refractivity contribution in [2.75, 3.05) is 25.6 Å². The van der Waals surface area contributed by atoms with Crippen molar-refractivity contribution in [3.63, 3.8) is 0 Å². The summed E-state index contributed by atoms with van der Waals surface area (Å²) in [5.41, 5.74) is 1.71. The monoisotopic (exact) mass is 458 g/mol. The molecule has 0 spiro atoms. The molecule has 33 heavy (non-hydrogen) atoms. The minimum absolute atomic E-state index is 0.0374. The highest BCUT2D eigenvalue weighted by Crippen LogP contribution is 2.24. The number of amides is 1. The van der Waals surface area contributed by atoms with E-state index < -0.39 is 11.7 Å². The van der Waals surface area contributed by atoms with Crippen LogP contribution in [0.1, 0.15) is 26.3 Å². The van der Waals surface area contributed by atoms with Gasteiger partial charge in [0.05, 0.1) is 13.4 Å². The van der Waals surface area contributed by atoms with Crippen molar-refractivity contribution in [2.45, 2.75) is 32.9 Å². The van der Waals surface area contributed by atoms with Gasteiger partial charge in [-0.15, -0.1) is 0 Å². The van der Waals surface area contributed by atoms with Crippen molar-refractivity contribution in [3.8, 4) is 11.6 Å². The normalized spacial score (nSPS) is 11.8. The molecular formula is C23H27FN4O5. The molecular weight excluding hydrogens is 431 g/mol. The van der Waals surface area contributed by atoms with Crippen LogP contribution in [-0.2, 0) is 11.3 Å². The van der Waals surface area contributed by atoms with E-state index in [9.17, 15) is 9.18 Å². The molecule has 2 heterocycles. The van der Waals surface area contributed by atoms with E-state index in [1.165, 1.54) is 0 Å². The van der Waals surface area contributed by atoms with Crippen LogP contribution in [0.5, 0.6) is 11.6 Å². The molecule has 0 radical (unpaired) electrons. The van der Waals surface area contributed by atoms with Crippen LogP contribution < -0.4 is 20.1 Å². The second kappa shape index (κ2) is 10.7. The number of hydrogen-bond acceptors (Lipinski definition) is 8. The highest BCUT2D eigenvalue weighted by Gasteiger charge is 2.16. The van der Waals surface area contributed by atoms with Crippen molar-refractivity contribution in [1.29, 1.82) is 0 Å². The third kappa shape index (κ3) is 7.37. The maximum atomic E-state index is 13.2. The van der Waals surface area contributed by atoms with Gasteiger partial charge in [0.25, 0.3) is 6.01 Å². The fraction of sp³-hybridized carbons (Fsp3) is 0.348. The van der Waals surface area contributed by atoms with E-state index in [1.807, 2.05) is 6.07 Å². The first-order valence-electron chi connectivity index (χ1n) is 10.3. The van der Waals surface area contributed by atoms with Crippen molar-refractivity contribution < 1.29 is 27.8 Å². The number of aromatic nitrogens is 2. The van der Waals surface area contributed by atoms with Crippen LogP contribution in [0.2, 0.25) is 0 Å². The van der Waals surface area contributed by atoms with Crippen LogP contribution in [0.4, 0.5) is 15.2 Å². The Labute approximate surface area is 190 Å². The third-order valence-corrected chi connectivity index (χ3v) is 4.25. The number of carbonyl (C=O) groups is 1. The van der Waals surface area contributed by atoms with Gasteiger partial charge >= 0.3 is 6.09 Å². The molecule has 0 aliphatic rings. The highest BCUT2D eigenvalue weighted by molar-refractivity contribution is 5.76. The van der Waals surface area contributed by atoms with Crippen molar-refractivity contribution in [3.05, 3.63) is 54.0 Å². The smallest absolute Gasteiger partial charge is 0.407 e. The van der Waals surface area contributed by atoms with Crippen molar-refractivity contribution >= 4 is 23.2 Å². The molecule has 2 N–H and O–H groups in total. The van der Waals surface area contributed by atoms with Gasteiger partial charge < -0.3 is 29.3 Å². The van der Waals surface area contributed by atoms with Gasteiger partial charge in [-0.3, -0.25) is 0 Å². The molecule has 3 aromatic rings. The first-order chi connectivity index (χ1) is 15.8. The number of nitrogens with zero attached hydrogens (tertiary/aromatic N) is 2. The molecule has 0 fully saturated rings. The predicted octanol–water partition coefficient (Wildman–Crippen LogP) is 4.60. The molecule has 0 saturated carbocycles. The summed E-state index contributed by atoms with van der Waals surface area (Å²) in [5.74, 6) is 1.01. The average Bonchev–Trinajstić information content (AvgIpc) is 3.19. The number of carbonyl (C=O) groups excluding carboxylic acids is 1. The minimum Gasteiger partial charge on any atom is -0.489 e. The third-order valence-electron chi connectivity index (χ3n) is 4.25. The Kier molecular flexibility index (Phi) is 7.70. The van der Waals surface area contributed by atoms with Crippen molar-refractivity contribution in [2.24, 2.45) is 0 Å². The van der Waals surface area contributed by atoms with Gasteiger partial charge in [0.2, 0.25) is 5.88 Å². The Balaban J connectivity index is 1.53.